The average Bonchev–Trinajstić information content (AvgIpc) is 3.15. The van der Waals surface area contributed by atoms with Crippen molar-refractivity contribution < 1.29 is 22.7 Å². The first kappa shape index (κ1) is 14.6. The highest BCUT2D eigenvalue weighted by atomic mass is 19.4. The zero-order chi connectivity index (χ0) is 14.8. The highest BCUT2D eigenvalue weighted by molar-refractivity contribution is 5.83. The fraction of sp³-hybridized carbons (Fsp3) is 0.462. The van der Waals surface area contributed by atoms with Crippen molar-refractivity contribution in [1.29, 1.82) is 0 Å². The minimum Gasteiger partial charge on any atom is -0.405 e. The maximum Gasteiger partial charge on any atom is 0.573 e. The Morgan fingerprint density at radius 1 is 1.40 bits per heavy atom. The van der Waals surface area contributed by atoms with Crippen LogP contribution in [0.25, 0.3) is 0 Å². The second-order valence-electron chi connectivity index (χ2n) is 4.61. The molecule has 3 N–H and O–H groups in total. The molecule has 0 aliphatic heterocycles. The smallest absolute Gasteiger partial charge is 0.405 e. The molecule has 0 radical (unpaired) electrons. The summed E-state index contributed by atoms with van der Waals surface area (Å²) >= 11 is 0. The van der Waals surface area contributed by atoms with E-state index in [2.05, 4.69) is 10.1 Å². The standard InChI is InChI=1S/C13H15F3N2O2/c14-13(15,16)20-11-4-2-1-3-8(11)9-7-10(9)12(19)18-6-5-17/h1-4,9-10H,5-7,17H2,(H,18,19). The molecule has 1 aromatic rings. The van der Waals surface area contributed by atoms with E-state index in [1.807, 2.05) is 0 Å². The molecule has 0 saturated heterocycles. The Hall–Kier alpha value is -1.76. The van der Waals surface area contributed by atoms with Gasteiger partial charge in [-0.05, 0) is 24.0 Å². The van der Waals surface area contributed by atoms with Gasteiger partial charge in [-0.15, -0.1) is 13.2 Å². The minimum absolute atomic E-state index is 0.178. The van der Waals surface area contributed by atoms with Crippen LogP contribution in [-0.2, 0) is 4.79 Å². The molecule has 0 heterocycles. The molecule has 1 aliphatic carbocycles. The van der Waals surface area contributed by atoms with Gasteiger partial charge in [-0.3, -0.25) is 4.79 Å². The number of nitrogens with one attached hydrogen (secondary N) is 1. The molecule has 110 valence electrons. The third-order valence-electron chi connectivity index (χ3n) is 3.11. The second-order valence-corrected chi connectivity index (χ2v) is 4.61. The van der Waals surface area contributed by atoms with Crippen LogP contribution in [-0.4, -0.2) is 25.4 Å². The Labute approximate surface area is 114 Å². The van der Waals surface area contributed by atoms with E-state index in [1.54, 1.807) is 12.1 Å². The fourth-order valence-corrected chi connectivity index (χ4v) is 2.16. The van der Waals surface area contributed by atoms with Gasteiger partial charge in [-0.25, -0.2) is 0 Å². The number of hydrogen-bond donors (Lipinski definition) is 2. The summed E-state index contributed by atoms with van der Waals surface area (Å²) in [5, 5.41) is 2.63. The van der Waals surface area contributed by atoms with Crippen LogP contribution in [0.4, 0.5) is 13.2 Å². The SMILES string of the molecule is NCCNC(=O)C1CC1c1ccccc1OC(F)(F)F. The van der Waals surface area contributed by atoms with Gasteiger partial charge < -0.3 is 15.8 Å². The van der Waals surface area contributed by atoms with Gasteiger partial charge in [0, 0.05) is 19.0 Å². The number of hydrogen-bond acceptors (Lipinski definition) is 3. The number of ether oxygens (including phenoxy) is 1. The number of alkyl halides is 3. The number of nitrogens with two attached hydrogens (primary N) is 1. The summed E-state index contributed by atoms with van der Waals surface area (Å²) in [7, 11) is 0. The Kier molecular flexibility index (Phi) is 4.17. The van der Waals surface area contributed by atoms with Crippen LogP contribution in [0.1, 0.15) is 17.9 Å². The summed E-state index contributed by atoms with van der Waals surface area (Å²) in [5.74, 6) is -0.952. The third kappa shape index (κ3) is 3.63. The van der Waals surface area contributed by atoms with Gasteiger partial charge in [0.05, 0.1) is 0 Å². The van der Waals surface area contributed by atoms with Crippen LogP contribution < -0.4 is 15.8 Å². The van der Waals surface area contributed by atoms with Crippen molar-refractivity contribution in [2.45, 2.75) is 18.7 Å². The monoisotopic (exact) mass is 288 g/mol. The Bertz CT molecular complexity index is 491. The Morgan fingerprint density at radius 2 is 2.10 bits per heavy atom. The molecule has 4 nitrogen and oxygen atoms in total. The molecule has 0 bridgehead atoms. The van der Waals surface area contributed by atoms with Gasteiger partial charge in [0.15, 0.2) is 0 Å². The summed E-state index contributed by atoms with van der Waals surface area (Å²) < 4.78 is 40.9. The van der Waals surface area contributed by atoms with E-state index in [9.17, 15) is 18.0 Å². The van der Waals surface area contributed by atoms with Crippen molar-refractivity contribution in [3.05, 3.63) is 29.8 Å². The molecule has 1 aromatic carbocycles. The third-order valence-corrected chi connectivity index (χ3v) is 3.11. The first-order valence-electron chi connectivity index (χ1n) is 6.25. The predicted molar refractivity (Wildman–Crippen MR) is 66.0 cm³/mol. The van der Waals surface area contributed by atoms with E-state index in [0.29, 0.717) is 25.1 Å². The largest absolute Gasteiger partial charge is 0.573 e. The van der Waals surface area contributed by atoms with Crippen LogP contribution in [0.5, 0.6) is 5.75 Å². The molecule has 1 saturated carbocycles. The lowest BCUT2D eigenvalue weighted by Crippen LogP contribution is -2.30. The van der Waals surface area contributed by atoms with Crippen LogP contribution in [0.3, 0.4) is 0 Å². The van der Waals surface area contributed by atoms with E-state index in [0.717, 1.165) is 0 Å². The maximum absolute atomic E-state index is 12.3. The van der Waals surface area contributed by atoms with Gasteiger partial charge in [0.25, 0.3) is 0 Å². The molecular weight excluding hydrogens is 273 g/mol. The quantitative estimate of drug-likeness (QED) is 0.868. The van der Waals surface area contributed by atoms with Crippen molar-refractivity contribution in [3.8, 4) is 5.75 Å². The fourth-order valence-electron chi connectivity index (χ4n) is 2.16. The highest BCUT2D eigenvalue weighted by Crippen LogP contribution is 2.50. The number of carbonyl (C=O) groups excluding carboxylic acids is 1. The van der Waals surface area contributed by atoms with Crippen molar-refractivity contribution in [2.24, 2.45) is 11.7 Å². The number of para-hydroxylation sites is 1. The maximum atomic E-state index is 12.3. The first-order valence-corrected chi connectivity index (χ1v) is 6.25. The summed E-state index contributed by atoms with van der Waals surface area (Å²) in [4.78, 5) is 11.7. The van der Waals surface area contributed by atoms with Crippen LogP contribution in [0.15, 0.2) is 24.3 Å². The first-order chi connectivity index (χ1) is 9.42. The number of rotatable bonds is 5. The highest BCUT2D eigenvalue weighted by Gasteiger charge is 2.46. The lowest BCUT2D eigenvalue weighted by Gasteiger charge is -2.13. The van der Waals surface area contributed by atoms with E-state index in [1.165, 1.54) is 12.1 Å². The lowest BCUT2D eigenvalue weighted by molar-refractivity contribution is -0.274. The van der Waals surface area contributed by atoms with Gasteiger partial charge in [-0.2, -0.15) is 0 Å². The molecule has 2 unspecified atom stereocenters. The van der Waals surface area contributed by atoms with Crippen molar-refractivity contribution >= 4 is 5.91 Å². The van der Waals surface area contributed by atoms with Crippen LogP contribution >= 0.6 is 0 Å². The van der Waals surface area contributed by atoms with E-state index < -0.39 is 6.36 Å². The van der Waals surface area contributed by atoms with Crippen LogP contribution in [0.2, 0.25) is 0 Å². The second kappa shape index (κ2) is 5.70. The minimum atomic E-state index is -4.73. The Balaban J connectivity index is 2.06. The average molecular weight is 288 g/mol. The van der Waals surface area contributed by atoms with Gasteiger partial charge in [0.2, 0.25) is 5.91 Å². The molecule has 2 atom stereocenters. The summed E-state index contributed by atoms with van der Waals surface area (Å²) in [6.07, 6.45) is -4.21. The van der Waals surface area contributed by atoms with Crippen molar-refractivity contribution in [2.75, 3.05) is 13.1 Å². The number of halogens is 3. The molecular formula is C13H15F3N2O2. The number of amides is 1. The van der Waals surface area contributed by atoms with E-state index in [-0.39, 0.29) is 23.5 Å². The normalized spacial score (nSPS) is 21.4. The zero-order valence-electron chi connectivity index (χ0n) is 10.6. The predicted octanol–water partition coefficient (Wildman–Crippen LogP) is 1.76. The van der Waals surface area contributed by atoms with Gasteiger partial charge in [0.1, 0.15) is 5.75 Å². The molecule has 2 rings (SSSR count). The molecule has 1 aliphatic rings. The summed E-state index contributed by atoms with van der Waals surface area (Å²) in [5.41, 5.74) is 5.69. The zero-order valence-corrected chi connectivity index (χ0v) is 10.6. The van der Waals surface area contributed by atoms with Crippen molar-refractivity contribution in [3.63, 3.8) is 0 Å². The van der Waals surface area contributed by atoms with Gasteiger partial charge in [-0.1, -0.05) is 18.2 Å². The number of benzene rings is 1. The molecule has 7 heteroatoms. The summed E-state index contributed by atoms with van der Waals surface area (Å²) in [6, 6.07) is 5.92. The van der Waals surface area contributed by atoms with Crippen molar-refractivity contribution in [1.82, 2.24) is 5.32 Å². The Morgan fingerprint density at radius 3 is 2.75 bits per heavy atom. The van der Waals surface area contributed by atoms with Gasteiger partial charge >= 0.3 is 6.36 Å². The summed E-state index contributed by atoms with van der Waals surface area (Å²) in [6.45, 7) is 0.694. The topological polar surface area (TPSA) is 64.3 Å². The number of carbonyl (C=O) groups is 1. The molecule has 0 spiro atoms. The van der Waals surface area contributed by atoms with E-state index >= 15 is 0 Å². The lowest BCUT2D eigenvalue weighted by atomic mass is 10.1. The molecule has 1 fully saturated rings. The molecule has 0 aromatic heterocycles. The van der Waals surface area contributed by atoms with E-state index in [4.69, 9.17) is 5.73 Å². The molecule has 1 amide bonds. The molecule has 20 heavy (non-hydrogen) atoms. The van der Waals surface area contributed by atoms with Crippen LogP contribution in [0, 0.1) is 5.92 Å².